The van der Waals surface area contributed by atoms with E-state index in [0.717, 1.165) is 10.9 Å². The minimum Gasteiger partial charge on any atom is -0.497 e. The maximum absolute atomic E-state index is 13.5. The molecule has 0 bridgehead atoms. The minimum atomic E-state index is -3.72. The fraction of sp³-hybridized carbons (Fsp3) is 0.320. The van der Waals surface area contributed by atoms with E-state index in [1.165, 1.54) is 4.31 Å². The third-order valence-corrected chi connectivity index (χ3v) is 7.99. The number of fused-ring (bicyclic) bond motifs is 1. The van der Waals surface area contributed by atoms with Gasteiger partial charge in [0.2, 0.25) is 15.9 Å². The van der Waals surface area contributed by atoms with Crippen LogP contribution in [0.5, 0.6) is 11.5 Å². The van der Waals surface area contributed by atoms with Crippen molar-refractivity contribution in [1.82, 2.24) is 9.62 Å². The van der Waals surface area contributed by atoms with Gasteiger partial charge >= 0.3 is 0 Å². The molecule has 1 atom stereocenters. The third kappa shape index (κ3) is 4.82. The average Bonchev–Trinajstić information content (AvgIpc) is 2.86. The molecule has 8 heteroatoms. The monoisotopic (exact) mass is 468 g/mol. The first-order chi connectivity index (χ1) is 15.9. The average molecular weight is 469 g/mol. The molecule has 1 N–H and O–H groups in total. The van der Waals surface area contributed by atoms with Crippen LogP contribution in [0.2, 0.25) is 0 Å². The van der Waals surface area contributed by atoms with Gasteiger partial charge in [0.15, 0.2) is 0 Å². The molecular weight excluding hydrogens is 440 g/mol. The Kier molecular flexibility index (Phi) is 6.85. The van der Waals surface area contributed by atoms with Gasteiger partial charge in [0.05, 0.1) is 25.0 Å². The number of carbonyl (C=O) groups excluding carboxylic acids is 1. The molecule has 1 unspecified atom stereocenters. The van der Waals surface area contributed by atoms with Crippen LogP contribution < -0.4 is 14.8 Å². The zero-order valence-corrected chi connectivity index (χ0v) is 19.6. The van der Waals surface area contributed by atoms with E-state index in [0.29, 0.717) is 42.8 Å². The fourth-order valence-corrected chi connectivity index (χ4v) is 6.00. The van der Waals surface area contributed by atoms with Crippen molar-refractivity contribution < 1.29 is 22.7 Å². The number of amides is 1. The van der Waals surface area contributed by atoms with Gasteiger partial charge in [0, 0.05) is 36.7 Å². The highest BCUT2D eigenvalue weighted by molar-refractivity contribution is 7.89. The molecule has 174 valence electrons. The Labute approximate surface area is 194 Å². The summed E-state index contributed by atoms with van der Waals surface area (Å²) in [7, 11) is -0.574. The van der Waals surface area contributed by atoms with Crippen LogP contribution in [0.15, 0.2) is 65.6 Å². The fourth-order valence-electron chi connectivity index (χ4n) is 4.26. The summed E-state index contributed by atoms with van der Waals surface area (Å²) in [4.78, 5) is 13.2. The van der Waals surface area contributed by atoms with Crippen molar-refractivity contribution in [2.45, 2.75) is 24.3 Å². The molecule has 0 spiro atoms. The van der Waals surface area contributed by atoms with E-state index in [1.807, 2.05) is 42.5 Å². The second-order valence-electron chi connectivity index (χ2n) is 8.08. The number of hydrogen-bond donors (Lipinski definition) is 1. The molecule has 33 heavy (non-hydrogen) atoms. The van der Waals surface area contributed by atoms with Crippen molar-refractivity contribution >= 4 is 26.7 Å². The van der Waals surface area contributed by atoms with Crippen molar-refractivity contribution in [2.75, 3.05) is 27.3 Å². The van der Waals surface area contributed by atoms with Crippen LogP contribution in [-0.2, 0) is 21.4 Å². The lowest BCUT2D eigenvalue weighted by Crippen LogP contribution is -2.45. The van der Waals surface area contributed by atoms with Gasteiger partial charge in [-0.05, 0) is 36.4 Å². The van der Waals surface area contributed by atoms with Gasteiger partial charge in [0.1, 0.15) is 11.5 Å². The molecule has 1 fully saturated rings. The highest BCUT2D eigenvalue weighted by Gasteiger charge is 2.34. The van der Waals surface area contributed by atoms with Crippen molar-refractivity contribution in [3.05, 3.63) is 66.2 Å². The molecule has 1 aliphatic rings. The maximum atomic E-state index is 13.5. The minimum absolute atomic E-state index is 0.161. The summed E-state index contributed by atoms with van der Waals surface area (Å²) in [6.07, 6.45) is 1.28. The summed E-state index contributed by atoms with van der Waals surface area (Å²) in [5.41, 5.74) is 0.822. The Morgan fingerprint density at radius 2 is 1.85 bits per heavy atom. The number of nitrogens with one attached hydrogen (secondary N) is 1. The number of piperidine rings is 1. The smallest absolute Gasteiger partial charge is 0.243 e. The number of nitrogens with zero attached hydrogens (tertiary/aromatic N) is 1. The SMILES string of the molecule is COc1ccc(CNC(=O)C2CCCN(S(=O)(=O)c3cccc4ccccc34)C2)c(OC)c1. The van der Waals surface area contributed by atoms with E-state index in [4.69, 9.17) is 9.47 Å². The maximum Gasteiger partial charge on any atom is 0.243 e. The van der Waals surface area contributed by atoms with Crippen LogP contribution in [-0.4, -0.2) is 45.9 Å². The van der Waals surface area contributed by atoms with Gasteiger partial charge in [0.25, 0.3) is 0 Å². The largest absolute Gasteiger partial charge is 0.497 e. The van der Waals surface area contributed by atoms with Crippen LogP contribution in [0, 0.1) is 5.92 Å². The summed E-state index contributed by atoms with van der Waals surface area (Å²) >= 11 is 0. The van der Waals surface area contributed by atoms with E-state index in [9.17, 15) is 13.2 Å². The Morgan fingerprint density at radius 3 is 2.64 bits per heavy atom. The van der Waals surface area contributed by atoms with E-state index in [-0.39, 0.29) is 17.3 Å². The Hall–Kier alpha value is -3.10. The van der Waals surface area contributed by atoms with Crippen LogP contribution in [0.25, 0.3) is 10.8 Å². The molecule has 1 aliphatic heterocycles. The summed E-state index contributed by atoms with van der Waals surface area (Å²) in [5.74, 6) is 0.723. The molecule has 3 aromatic rings. The van der Waals surface area contributed by atoms with E-state index in [2.05, 4.69) is 5.32 Å². The lowest BCUT2D eigenvalue weighted by atomic mass is 9.98. The summed E-state index contributed by atoms with van der Waals surface area (Å²) in [5, 5.41) is 4.51. The first-order valence-electron chi connectivity index (χ1n) is 10.9. The highest BCUT2D eigenvalue weighted by atomic mass is 32.2. The molecule has 3 aromatic carbocycles. The lowest BCUT2D eigenvalue weighted by Gasteiger charge is -2.31. The number of hydrogen-bond acceptors (Lipinski definition) is 5. The van der Waals surface area contributed by atoms with Gasteiger partial charge in [-0.2, -0.15) is 4.31 Å². The molecule has 7 nitrogen and oxygen atoms in total. The Bertz CT molecular complexity index is 1250. The molecule has 0 aliphatic carbocycles. The number of ether oxygens (including phenoxy) is 2. The van der Waals surface area contributed by atoms with Crippen molar-refractivity contribution in [3.8, 4) is 11.5 Å². The van der Waals surface area contributed by atoms with Crippen molar-refractivity contribution in [1.29, 1.82) is 0 Å². The first-order valence-corrected chi connectivity index (χ1v) is 12.3. The Balaban J connectivity index is 1.47. The summed E-state index contributed by atoms with van der Waals surface area (Å²) in [6.45, 7) is 0.858. The second kappa shape index (κ2) is 9.80. The molecular formula is C25H28N2O5S. The zero-order chi connectivity index (χ0) is 23.4. The topological polar surface area (TPSA) is 84.9 Å². The van der Waals surface area contributed by atoms with Crippen molar-refractivity contribution in [3.63, 3.8) is 0 Å². The van der Waals surface area contributed by atoms with Gasteiger partial charge in [-0.25, -0.2) is 8.42 Å². The van der Waals surface area contributed by atoms with E-state index < -0.39 is 15.9 Å². The first kappa shape index (κ1) is 23.1. The summed E-state index contributed by atoms with van der Waals surface area (Å²) in [6, 6.07) is 18.1. The molecule has 0 radical (unpaired) electrons. The van der Waals surface area contributed by atoms with Crippen LogP contribution >= 0.6 is 0 Å². The standard InChI is InChI=1S/C25H28N2O5S/c1-31-21-13-12-19(23(15-21)32-2)16-26-25(28)20-9-6-14-27(17-20)33(29,30)24-11-5-8-18-7-3-4-10-22(18)24/h3-5,7-8,10-13,15,20H,6,9,14,16-17H2,1-2H3,(H,26,28). The second-order valence-corrected chi connectivity index (χ2v) is 9.98. The van der Waals surface area contributed by atoms with Gasteiger partial charge in [-0.15, -0.1) is 0 Å². The summed E-state index contributed by atoms with van der Waals surface area (Å²) < 4.78 is 39.0. The molecule has 0 saturated carbocycles. The predicted molar refractivity (Wildman–Crippen MR) is 127 cm³/mol. The zero-order valence-electron chi connectivity index (χ0n) is 18.8. The number of benzene rings is 3. The van der Waals surface area contributed by atoms with Crippen LogP contribution in [0.3, 0.4) is 0 Å². The highest BCUT2D eigenvalue weighted by Crippen LogP contribution is 2.29. The quantitative estimate of drug-likeness (QED) is 0.573. The normalized spacial score (nSPS) is 17.0. The number of sulfonamides is 1. The lowest BCUT2D eigenvalue weighted by molar-refractivity contribution is -0.126. The molecule has 1 heterocycles. The molecule has 1 amide bonds. The molecule has 4 rings (SSSR count). The van der Waals surface area contributed by atoms with Crippen LogP contribution in [0.1, 0.15) is 18.4 Å². The third-order valence-electron chi connectivity index (χ3n) is 6.07. The van der Waals surface area contributed by atoms with Gasteiger partial charge in [-0.3, -0.25) is 4.79 Å². The number of carbonyl (C=O) groups is 1. The van der Waals surface area contributed by atoms with Crippen molar-refractivity contribution in [2.24, 2.45) is 5.92 Å². The molecule has 1 saturated heterocycles. The van der Waals surface area contributed by atoms with Crippen LogP contribution in [0.4, 0.5) is 0 Å². The predicted octanol–water partition coefficient (Wildman–Crippen LogP) is 3.57. The number of rotatable bonds is 7. The van der Waals surface area contributed by atoms with E-state index in [1.54, 1.807) is 32.4 Å². The van der Waals surface area contributed by atoms with Gasteiger partial charge in [-0.1, -0.05) is 36.4 Å². The van der Waals surface area contributed by atoms with Gasteiger partial charge < -0.3 is 14.8 Å². The Morgan fingerprint density at radius 1 is 1.06 bits per heavy atom. The van der Waals surface area contributed by atoms with E-state index >= 15 is 0 Å². The number of methoxy groups -OCH3 is 2. The molecule has 0 aromatic heterocycles.